The summed E-state index contributed by atoms with van der Waals surface area (Å²) in [5, 5.41) is 6.16. The van der Waals surface area contributed by atoms with E-state index in [0.717, 1.165) is 23.3 Å². The van der Waals surface area contributed by atoms with Crippen LogP contribution < -0.4 is 16.4 Å². The SMILES string of the molecule is Cc1sc(NC(=O)C2CCCO2)c(C(=O)NCCN)c1C. The highest BCUT2D eigenvalue weighted by molar-refractivity contribution is 7.16. The number of carbonyl (C=O) groups excluding carboxylic acids is 2. The van der Waals surface area contributed by atoms with Gasteiger partial charge in [-0.2, -0.15) is 0 Å². The summed E-state index contributed by atoms with van der Waals surface area (Å²) in [6.07, 6.45) is 1.21. The molecule has 1 saturated heterocycles. The Morgan fingerprint density at radius 1 is 1.43 bits per heavy atom. The first-order chi connectivity index (χ1) is 10.0. The Morgan fingerprint density at radius 2 is 2.19 bits per heavy atom. The van der Waals surface area contributed by atoms with Gasteiger partial charge in [0.2, 0.25) is 0 Å². The maximum absolute atomic E-state index is 12.2. The first-order valence-corrected chi connectivity index (χ1v) is 7.87. The molecule has 0 radical (unpaired) electrons. The summed E-state index contributed by atoms with van der Waals surface area (Å²) in [7, 11) is 0. The molecule has 0 saturated carbocycles. The van der Waals surface area contributed by atoms with Gasteiger partial charge in [0.25, 0.3) is 11.8 Å². The Morgan fingerprint density at radius 3 is 2.81 bits per heavy atom. The van der Waals surface area contributed by atoms with Gasteiger partial charge in [-0.15, -0.1) is 11.3 Å². The highest BCUT2D eigenvalue weighted by Gasteiger charge is 2.27. The second-order valence-corrected chi connectivity index (χ2v) is 6.25. The van der Waals surface area contributed by atoms with E-state index in [4.69, 9.17) is 10.5 Å². The summed E-state index contributed by atoms with van der Waals surface area (Å²) >= 11 is 1.41. The van der Waals surface area contributed by atoms with Gasteiger partial charge in [-0.25, -0.2) is 0 Å². The normalized spacial score (nSPS) is 17.8. The van der Waals surface area contributed by atoms with E-state index in [-0.39, 0.29) is 11.8 Å². The number of carbonyl (C=O) groups is 2. The van der Waals surface area contributed by atoms with Gasteiger partial charge >= 0.3 is 0 Å². The van der Waals surface area contributed by atoms with Gasteiger partial charge in [-0.05, 0) is 32.3 Å². The minimum Gasteiger partial charge on any atom is -0.368 e. The van der Waals surface area contributed by atoms with Crippen LogP contribution in [0.2, 0.25) is 0 Å². The topological polar surface area (TPSA) is 93.4 Å². The molecule has 116 valence electrons. The van der Waals surface area contributed by atoms with Crippen LogP contribution in [0.3, 0.4) is 0 Å². The molecular weight excluding hydrogens is 290 g/mol. The number of ether oxygens (including phenoxy) is 1. The van der Waals surface area contributed by atoms with Crippen molar-refractivity contribution in [2.45, 2.75) is 32.8 Å². The van der Waals surface area contributed by atoms with E-state index in [1.54, 1.807) is 0 Å². The zero-order chi connectivity index (χ0) is 15.4. The van der Waals surface area contributed by atoms with Crippen molar-refractivity contribution in [3.63, 3.8) is 0 Å². The van der Waals surface area contributed by atoms with Crippen molar-refractivity contribution in [1.29, 1.82) is 0 Å². The van der Waals surface area contributed by atoms with Gasteiger partial charge in [0.1, 0.15) is 11.1 Å². The molecule has 0 spiro atoms. The molecule has 1 aliphatic rings. The number of anilines is 1. The standard InChI is InChI=1S/C14H21N3O3S/c1-8-9(2)21-14(11(8)13(19)16-6-5-15)17-12(18)10-4-3-7-20-10/h10H,3-7,15H2,1-2H3,(H,16,19)(H,17,18). The van der Waals surface area contributed by atoms with Crippen LogP contribution in [0.25, 0.3) is 0 Å². The number of hydrogen-bond acceptors (Lipinski definition) is 5. The molecule has 2 heterocycles. The van der Waals surface area contributed by atoms with Crippen LogP contribution in [0.5, 0.6) is 0 Å². The van der Waals surface area contributed by atoms with Crippen molar-refractivity contribution in [2.75, 3.05) is 25.0 Å². The second-order valence-electron chi connectivity index (χ2n) is 5.02. The Kier molecular flexibility index (Phi) is 5.33. The summed E-state index contributed by atoms with van der Waals surface area (Å²) in [5.41, 5.74) is 6.81. The molecule has 21 heavy (non-hydrogen) atoms. The molecule has 1 aromatic heterocycles. The van der Waals surface area contributed by atoms with Gasteiger partial charge in [-0.1, -0.05) is 0 Å². The molecular formula is C14H21N3O3S. The number of rotatable bonds is 5. The molecule has 7 heteroatoms. The minimum atomic E-state index is -0.410. The zero-order valence-corrected chi connectivity index (χ0v) is 13.1. The van der Waals surface area contributed by atoms with Crippen LogP contribution in [-0.2, 0) is 9.53 Å². The van der Waals surface area contributed by atoms with Gasteiger partial charge in [-0.3, -0.25) is 9.59 Å². The Bertz CT molecular complexity index is 536. The van der Waals surface area contributed by atoms with Gasteiger partial charge in [0.05, 0.1) is 5.56 Å². The van der Waals surface area contributed by atoms with E-state index in [0.29, 0.717) is 30.3 Å². The van der Waals surface area contributed by atoms with Crippen LogP contribution in [0.15, 0.2) is 0 Å². The first kappa shape index (κ1) is 15.9. The molecule has 0 aliphatic carbocycles. The van der Waals surface area contributed by atoms with Crippen molar-refractivity contribution in [2.24, 2.45) is 5.73 Å². The van der Waals surface area contributed by atoms with E-state index in [9.17, 15) is 9.59 Å². The summed E-state index contributed by atoms with van der Waals surface area (Å²) in [6, 6.07) is 0. The Balaban J connectivity index is 2.16. The summed E-state index contributed by atoms with van der Waals surface area (Å²) < 4.78 is 5.36. The molecule has 0 aromatic carbocycles. The lowest BCUT2D eigenvalue weighted by Gasteiger charge is -2.11. The highest BCUT2D eigenvalue weighted by Crippen LogP contribution is 2.32. The summed E-state index contributed by atoms with van der Waals surface area (Å²) in [5.74, 6) is -0.383. The highest BCUT2D eigenvalue weighted by atomic mass is 32.1. The molecule has 1 aliphatic heterocycles. The smallest absolute Gasteiger partial charge is 0.254 e. The molecule has 1 unspecified atom stereocenters. The van der Waals surface area contributed by atoms with Crippen LogP contribution >= 0.6 is 11.3 Å². The summed E-state index contributed by atoms with van der Waals surface area (Å²) in [6.45, 7) is 5.22. The molecule has 2 amide bonds. The fraction of sp³-hybridized carbons (Fsp3) is 0.571. The van der Waals surface area contributed by atoms with E-state index in [1.165, 1.54) is 11.3 Å². The predicted octanol–water partition coefficient (Wildman–Crippen LogP) is 1.17. The van der Waals surface area contributed by atoms with Gasteiger partial charge < -0.3 is 21.1 Å². The number of thiophene rings is 1. The van der Waals surface area contributed by atoms with Crippen molar-refractivity contribution in [3.05, 3.63) is 16.0 Å². The monoisotopic (exact) mass is 311 g/mol. The lowest BCUT2D eigenvalue weighted by atomic mass is 10.1. The first-order valence-electron chi connectivity index (χ1n) is 7.05. The van der Waals surface area contributed by atoms with Crippen molar-refractivity contribution < 1.29 is 14.3 Å². The third-order valence-electron chi connectivity index (χ3n) is 3.50. The quantitative estimate of drug-likeness (QED) is 0.761. The molecule has 2 rings (SSSR count). The fourth-order valence-electron chi connectivity index (χ4n) is 2.24. The number of nitrogens with one attached hydrogen (secondary N) is 2. The van der Waals surface area contributed by atoms with Crippen LogP contribution in [-0.4, -0.2) is 37.6 Å². The second kappa shape index (κ2) is 7.02. The average Bonchev–Trinajstić information content (AvgIpc) is 3.06. The Labute approximate surface area is 128 Å². The van der Waals surface area contributed by atoms with Crippen LogP contribution in [0, 0.1) is 13.8 Å². The Hall–Kier alpha value is -1.44. The zero-order valence-electron chi connectivity index (χ0n) is 12.3. The van der Waals surface area contributed by atoms with E-state index < -0.39 is 6.10 Å². The van der Waals surface area contributed by atoms with Crippen molar-refractivity contribution in [1.82, 2.24) is 5.32 Å². The molecule has 1 aromatic rings. The number of aryl methyl sites for hydroxylation is 1. The van der Waals surface area contributed by atoms with Crippen molar-refractivity contribution >= 4 is 28.2 Å². The average molecular weight is 311 g/mol. The fourth-order valence-corrected chi connectivity index (χ4v) is 3.30. The lowest BCUT2D eigenvalue weighted by Crippen LogP contribution is -2.31. The maximum atomic E-state index is 12.2. The van der Waals surface area contributed by atoms with Gasteiger partial charge in [0, 0.05) is 24.6 Å². The van der Waals surface area contributed by atoms with E-state index in [1.807, 2.05) is 13.8 Å². The molecule has 1 atom stereocenters. The van der Waals surface area contributed by atoms with Crippen LogP contribution in [0.1, 0.15) is 33.6 Å². The predicted molar refractivity (Wildman–Crippen MR) is 82.8 cm³/mol. The number of hydrogen-bond donors (Lipinski definition) is 3. The number of nitrogens with two attached hydrogens (primary N) is 1. The molecule has 1 fully saturated rings. The van der Waals surface area contributed by atoms with E-state index in [2.05, 4.69) is 10.6 Å². The molecule has 4 N–H and O–H groups in total. The van der Waals surface area contributed by atoms with Gasteiger partial charge in [0.15, 0.2) is 0 Å². The maximum Gasteiger partial charge on any atom is 0.254 e. The third kappa shape index (κ3) is 3.61. The van der Waals surface area contributed by atoms with E-state index >= 15 is 0 Å². The third-order valence-corrected chi connectivity index (χ3v) is 4.62. The summed E-state index contributed by atoms with van der Waals surface area (Å²) in [4.78, 5) is 25.4. The largest absolute Gasteiger partial charge is 0.368 e. The lowest BCUT2D eigenvalue weighted by molar-refractivity contribution is -0.124. The number of amides is 2. The molecule has 0 bridgehead atoms. The molecule has 6 nitrogen and oxygen atoms in total. The van der Waals surface area contributed by atoms with Crippen molar-refractivity contribution in [3.8, 4) is 0 Å². The minimum absolute atomic E-state index is 0.179. The van der Waals surface area contributed by atoms with Crippen LogP contribution in [0.4, 0.5) is 5.00 Å².